The monoisotopic (exact) mass is 213 g/mol. The summed E-state index contributed by atoms with van der Waals surface area (Å²) >= 11 is 5.72. The van der Waals surface area contributed by atoms with Crippen LogP contribution in [0.5, 0.6) is 0 Å². The Balaban J connectivity index is 2.74. The number of rotatable bonds is 1. The number of aromatic nitrogens is 2. The fourth-order valence-corrected chi connectivity index (χ4v) is 1.50. The van der Waals surface area contributed by atoms with Gasteiger partial charge in [-0.05, 0) is 18.2 Å². The molecule has 0 saturated carbocycles. The molecule has 0 radical (unpaired) electrons. The summed E-state index contributed by atoms with van der Waals surface area (Å²) in [5.74, 6) is 0.231. The van der Waals surface area contributed by atoms with E-state index in [1.807, 2.05) is 0 Å². The predicted molar refractivity (Wildman–Crippen MR) is 51.8 cm³/mol. The molecule has 0 bridgehead atoms. The fourth-order valence-electron chi connectivity index (χ4n) is 1.35. The van der Waals surface area contributed by atoms with Gasteiger partial charge in [-0.25, -0.2) is 4.98 Å². The topological polar surface area (TPSA) is 61.5 Å². The van der Waals surface area contributed by atoms with Gasteiger partial charge in [0.05, 0.1) is 0 Å². The molecular weight excluding hydrogens is 206 g/mol. The molecule has 0 fully saturated rings. The van der Waals surface area contributed by atoms with Crippen molar-refractivity contribution in [1.29, 1.82) is 0 Å². The van der Waals surface area contributed by atoms with Crippen molar-refractivity contribution in [1.82, 2.24) is 9.55 Å². The molecule has 0 unspecified atom stereocenters. The number of halogens is 1. The molecule has 2 heterocycles. The van der Waals surface area contributed by atoms with Gasteiger partial charge in [0.25, 0.3) is 0 Å². The summed E-state index contributed by atoms with van der Waals surface area (Å²) in [4.78, 5) is 4.06. The lowest BCUT2D eigenvalue weighted by molar-refractivity contribution is 0.0255. The van der Waals surface area contributed by atoms with Gasteiger partial charge in [0.15, 0.2) is 5.82 Å². The van der Waals surface area contributed by atoms with Crippen molar-refractivity contribution in [2.75, 3.05) is 5.23 Å². The standard InChI is InChI=1S/C8H8ClN3O2/c1-11-7(12(13)14)4-5-2-3-6(9)10-8(5)11/h2-4,13-14H,1H3. The van der Waals surface area contributed by atoms with Crippen molar-refractivity contribution < 1.29 is 10.4 Å². The Kier molecular flexibility index (Phi) is 2.07. The summed E-state index contributed by atoms with van der Waals surface area (Å²) < 4.78 is 1.53. The molecular formula is C8H8ClN3O2. The highest BCUT2D eigenvalue weighted by Gasteiger charge is 2.10. The Hall–Kier alpha value is -1.30. The van der Waals surface area contributed by atoms with Crippen molar-refractivity contribution in [3.8, 4) is 0 Å². The second-order valence-corrected chi connectivity index (χ2v) is 3.29. The first-order chi connectivity index (χ1) is 6.59. The van der Waals surface area contributed by atoms with E-state index in [1.54, 1.807) is 25.2 Å². The van der Waals surface area contributed by atoms with E-state index < -0.39 is 0 Å². The third-order valence-electron chi connectivity index (χ3n) is 2.02. The first-order valence-electron chi connectivity index (χ1n) is 3.89. The van der Waals surface area contributed by atoms with Crippen LogP contribution in [0.15, 0.2) is 18.2 Å². The highest BCUT2D eigenvalue weighted by molar-refractivity contribution is 6.29. The SMILES string of the molecule is Cn1c(N(O)O)cc2ccc(Cl)nc21. The number of anilines is 1. The van der Waals surface area contributed by atoms with Gasteiger partial charge in [-0.3, -0.25) is 10.4 Å². The predicted octanol–water partition coefficient (Wildman–Crippen LogP) is 1.81. The van der Waals surface area contributed by atoms with Crippen LogP contribution in [0.2, 0.25) is 5.15 Å². The summed E-state index contributed by atoms with van der Waals surface area (Å²) in [5.41, 5.74) is 0.598. The lowest BCUT2D eigenvalue weighted by Crippen LogP contribution is -2.14. The quantitative estimate of drug-likeness (QED) is 0.560. The highest BCUT2D eigenvalue weighted by Crippen LogP contribution is 2.23. The third-order valence-corrected chi connectivity index (χ3v) is 2.23. The zero-order chi connectivity index (χ0) is 10.3. The van der Waals surface area contributed by atoms with Crippen LogP contribution in [-0.4, -0.2) is 20.0 Å². The largest absolute Gasteiger partial charge is 0.311 e. The van der Waals surface area contributed by atoms with E-state index in [2.05, 4.69) is 4.98 Å². The molecule has 6 heteroatoms. The van der Waals surface area contributed by atoms with Crippen LogP contribution >= 0.6 is 11.6 Å². The normalized spacial score (nSPS) is 10.9. The number of nitrogens with zero attached hydrogens (tertiary/aromatic N) is 3. The van der Waals surface area contributed by atoms with Crippen LogP contribution < -0.4 is 5.23 Å². The van der Waals surface area contributed by atoms with Crippen LogP contribution in [0, 0.1) is 0 Å². The summed E-state index contributed by atoms with van der Waals surface area (Å²) in [6.45, 7) is 0. The molecule has 14 heavy (non-hydrogen) atoms. The molecule has 0 aliphatic heterocycles. The molecule has 2 rings (SSSR count). The highest BCUT2D eigenvalue weighted by atomic mass is 35.5. The lowest BCUT2D eigenvalue weighted by atomic mass is 10.3. The van der Waals surface area contributed by atoms with Crippen molar-refractivity contribution in [3.63, 3.8) is 0 Å². The maximum absolute atomic E-state index is 8.88. The van der Waals surface area contributed by atoms with Gasteiger partial charge in [-0.15, -0.1) is 5.23 Å². The molecule has 0 saturated heterocycles. The minimum absolute atomic E-state index is 0.0512. The molecule has 2 aromatic rings. The summed E-state index contributed by atoms with van der Waals surface area (Å²) in [5, 5.41) is 19.0. The van der Waals surface area contributed by atoms with E-state index in [1.165, 1.54) is 4.57 Å². The molecule has 0 spiro atoms. The van der Waals surface area contributed by atoms with Gasteiger partial charge in [0.1, 0.15) is 10.8 Å². The summed E-state index contributed by atoms with van der Waals surface area (Å²) in [7, 11) is 1.67. The third kappa shape index (κ3) is 1.31. The zero-order valence-electron chi connectivity index (χ0n) is 7.35. The molecule has 0 aliphatic carbocycles. The Morgan fingerprint density at radius 2 is 2.14 bits per heavy atom. The maximum atomic E-state index is 8.88. The van der Waals surface area contributed by atoms with Gasteiger partial charge in [0.2, 0.25) is 0 Å². The molecule has 0 amide bonds. The van der Waals surface area contributed by atoms with E-state index in [0.717, 1.165) is 5.39 Å². The molecule has 5 nitrogen and oxygen atoms in total. The molecule has 0 atom stereocenters. The van der Waals surface area contributed by atoms with E-state index in [4.69, 9.17) is 22.0 Å². The molecule has 0 aliphatic rings. The molecule has 74 valence electrons. The van der Waals surface area contributed by atoms with Crippen LogP contribution in [-0.2, 0) is 7.05 Å². The van der Waals surface area contributed by atoms with Crippen molar-refractivity contribution in [2.45, 2.75) is 0 Å². The Morgan fingerprint density at radius 1 is 1.43 bits per heavy atom. The van der Waals surface area contributed by atoms with Gasteiger partial charge in [-0.1, -0.05) is 11.6 Å². The number of hydrogen-bond donors (Lipinski definition) is 2. The maximum Gasteiger partial charge on any atom is 0.165 e. The number of aryl methyl sites for hydroxylation is 1. The first kappa shape index (κ1) is 9.26. The Morgan fingerprint density at radius 3 is 2.79 bits per heavy atom. The second kappa shape index (κ2) is 3.13. The average molecular weight is 214 g/mol. The number of hydrogen-bond acceptors (Lipinski definition) is 4. The van der Waals surface area contributed by atoms with Gasteiger partial charge < -0.3 is 4.57 Å². The number of fused-ring (bicyclic) bond motifs is 1. The average Bonchev–Trinajstić information content (AvgIpc) is 2.44. The first-order valence-corrected chi connectivity index (χ1v) is 4.27. The Labute approximate surface area is 84.7 Å². The second-order valence-electron chi connectivity index (χ2n) is 2.90. The zero-order valence-corrected chi connectivity index (χ0v) is 8.10. The van der Waals surface area contributed by atoms with Crippen LogP contribution in [0.1, 0.15) is 0 Å². The van der Waals surface area contributed by atoms with Crippen molar-refractivity contribution in [2.24, 2.45) is 7.05 Å². The molecule has 2 aromatic heterocycles. The van der Waals surface area contributed by atoms with Crippen LogP contribution in [0.25, 0.3) is 11.0 Å². The smallest absolute Gasteiger partial charge is 0.165 e. The Bertz CT molecular complexity index is 481. The lowest BCUT2D eigenvalue weighted by Gasteiger charge is -2.07. The molecule has 0 aromatic carbocycles. The van der Waals surface area contributed by atoms with Gasteiger partial charge in [0, 0.05) is 12.4 Å². The minimum Gasteiger partial charge on any atom is -0.311 e. The van der Waals surface area contributed by atoms with E-state index >= 15 is 0 Å². The fraction of sp³-hybridized carbons (Fsp3) is 0.125. The van der Waals surface area contributed by atoms with Gasteiger partial charge in [-0.2, -0.15) is 0 Å². The number of pyridine rings is 1. The summed E-state index contributed by atoms with van der Waals surface area (Å²) in [6.07, 6.45) is 0. The van der Waals surface area contributed by atoms with Gasteiger partial charge >= 0.3 is 0 Å². The minimum atomic E-state index is 0.0512. The van der Waals surface area contributed by atoms with Crippen LogP contribution in [0.4, 0.5) is 5.82 Å². The van der Waals surface area contributed by atoms with E-state index in [-0.39, 0.29) is 11.0 Å². The van der Waals surface area contributed by atoms with E-state index in [9.17, 15) is 0 Å². The van der Waals surface area contributed by atoms with E-state index in [0.29, 0.717) is 10.8 Å². The van der Waals surface area contributed by atoms with Crippen molar-refractivity contribution in [3.05, 3.63) is 23.4 Å². The summed E-state index contributed by atoms with van der Waals surface area (Å²) in [6, 6.07) is 5.00. The van der Waals surface area contributed by atoms with Crippen molar-refractivity contribution >= 4 is 28.5 Å². The van der Waals surface area contributed by atoms with Crippen LogP contribution in [0.3, 0.4) is 0 Å². The molecule has 2 N–H and O–H groups in total.